The molecule has 4 aromatic rings. The second-order valence-electron chi connectivity index (χ2n) is 18.0. The molecule has 2 aliphatic heterocycles. The molecule has 0 spiro atoms. The van der Waals surface area contributed by atoms with Gasteiger partial charge >= 0.3 is 5.97 Å². The van der Waals surface area contributed by atoms with Gasteiger partial charge in [-0.25, -0.2) is 0 Å². The van der Waals surface area contributed by atoms with E-state index in [0.29, 0.717) is 5.75 Å². The lowest BCUT2D eigenvalue weighted by Crippen LogP contribution is -2.67. The lowest BCUT2D eigenvalue weighted by atomic mass is 9.95. The lowest BCUT2D eigenvalue weighted by molar-refractivity contribution is -0.334. The van der Waals surface area contributed by atoms with Crippen LogP contribution in [-0.2, 0) is 83.1 Å². The highest BCUT2D eigenvalue weighted by atomic mass is 28.4. The third kappa shape index (κ3) is 14.1. The van der Waals surface area contributed by atoms with Crippen LogP contribution in [0.4, 0.5) is 0 Å². The first-order chi connectivity index (χ1) is 31.6. The fourth-order valence-electron chi connectivity index (χ4n) is 7.38. The van der Waals surface area contributed by atoms with Gasteiger partial charge in [-0.2, -0.15) is 0 Å². The predicted molar refractivity (Wildman–Crippen MR) is 247 cm³/mol. The van der Waals surface area contributed by atoms with E-state index >= 15 is 0 Å². The first-order valence-corrected chi connectivity index (χ1v) is 25.3. The molecule has 2 aliphatic rings. The van der Waals surface area contributed by atoms with Crippen molar-refractivity contribution in [1.29, 1.82) is 0 Å². The van der Waals surface area contributed by atoms with E-state index in [1.807, 2.05) is 115 Å². The van der Waals surface area contributed by atoms with Crippen LogP contribution in [0.3, 0.4) is 0 Å². The summed E-state index contributed by atoms with van der Waals surface area (Å²) in [5, 5.41) is 2.71. The number of hydrogen-bond acceptors (Lipinski definition) is 13. The van der Waals surface area contributed by atoms with Gasteiger partial charge < -0.3 is 52.4 Å². The summed E-state index contributed by atoms with van der Waals surface area (Å²) >= 11 is 0. The van der Waals surface area contributed by atoms with Gasteiger partial charge in [0, 0.05) is 13.8 Å². The molecular weight excluding hydrogens is 863 g/mol. The smallest absolute Gasteiger partial charge is 0.303 e. The molecule has 1 amide bonds. The van der Waals surface area contributed by atoms with Crippen LogP contribution >= 0.6 is 0 Å². The summed E-state index contributed by atoms with van der Waals surface area (Å²) in [5.41, 5.74) is 3.44. The van der Waals surface area contributed by atoms with Crippen LogP contribution in [0.2, 0.25) is 18.1 Å². The molecule has 0 radical (unpaired) electrons. The predicted octanol–water partition coefficient (Wildman–Crippen LogP) is 7.46. The van der Waals surface area contributed by atoms with E-state index in [0.717, 1.165) is 22.3 Å². The maximum absolute atomic E-state index is 14.8. The largest absolute Gasteiger partial charge is 0.497 e. The molecule has 4 aromatic carbocycles. The van der Waals surface area contributed by atoms with Gasteiger partial charge in [-0.1, -0.05) is 124 Å². The second-order valence-corrected chi connectivity index (χ2v) is 22.9. The van der Waals surface area contributed by atoms with Crippen molar-refractivity contribution in [2.24, 2.45) is 0 Å². The number of carbonyl (C=O) groups excluding carboxylic acids is 3. The third-order valence-corrected chi connectivity index (χ3v) is 16.5. The molecule has 15 heteroatoms. The first-order valence-electron chi connectivity index (χ1n) is 22.4. The van der Waals surface area contributed by atoms with Crippen molar-refractivity contribution >= 4 is 26.0 Å². The highest BCUT2D eigenvalue weighted by Gasteiger charge is 2.55. The molecule has 0 aliphatic carbocycles. The number of nitrogens with one attached hydrogen (secondary N) is 1. The highest BCUT2D eigenvalue weighted by Crippen LogP contribution is 2.39. The van der Waals surface area contributed by atoms with E-state index in [1.165, 1.54) is 13.8 Å². The fourth-order valence-corrected chi connectivity index (χ4v) is 8.40. The van der Waals surface area contributed by atoms with Gasteiger partial charge in [0.25, 0.3) is 0 Å². The van der Waals surface area contributed by atoms with Gasteiger partial charge in [-0.05, 0) is 52.5 Å². The summed E-state index contributed by atoms with van der Waals surface area (Å²) < 4.78 is 64.2. The van der Waals surface area contributed by atoms with Crippen LogP contribution < -0.4 is 10.1 Å². The fraction of sp³-hybridized carbons (Fsp3) is 0.471. The average Bonchev–Trinajstić information content (AvgIpc) is 3.29. The van der Waals surface area contributed by atoms with Gasteiger partial charge in [-0.15, -0.1) is 0 Å². The maximum Gasteiger partial charge on any atom is 0.303 e. The third-order valence-electron chi connectivity index (χ3n) is 12.0. The number of ketones is 1. The van der Waals surface area contributed by atoms with E-state index < -0.39 is 81.2 Å². The van der Waals surface area contributed by atoms with Crippen LogP contribution in [0.25, 0.3) is 0 Å². The lowest BCUT2D eigenvalue weighted by Gasteiger charge is -2.48. The van der Waals surface area contributed by atoms with Gasteiger partial charge in [0.1, 0.15) is 42.3 Å². The molecule has 2 heterocycles. The van der Waals surface area contributed by atoms with Crippen LogP contribution in [0.1, 0.15) is 56.9 Å². The van der Waals surface area contributed by atoms with Crippen LogP contribution in [0, 0.1) is 0 Å². The molecule has 1 N–H and O–H groups in total. The standard InChI is InChI=1S/C51H65NO13Si/c1-34(53)52-43-46(44(55)41(32-57-28-39-24-26-40(56-6)27-25-39)63-49(43)60-31-38-22-16-11-17-23-38)65-50-48(62-35(2)54)47(59-30-37-20-14-10-15-21-37)45(58-29-36-18-12-9-13-19-36)42(64-50)33-61-66(7,8)51(3,4)5/h9-27,41-43,45-50H,28-33H2,1-8H3,(H,52,53)/t41-,42-,43-,45-,46-,47+,48-,49-,50+/m1/s1. The molecule has 9 atom stereocenters. The van der Waals surface area contributed by atoms with Crippen molar-refractivity contribution in [3.05, 3.63) is 138 Å². The molecule has 0 saturated carbocycles. The summed E-state index contributed by atoms with van der Waals surface area (Å²) in [7, 11) is -0.812. The minimum absolute atomic E-state index is 0.0648. The average molecular weight is 928 g/mol. The van der Waals surface area contributed by atoms with Gasteiger partial charge in [-0.3, -0.25) is 14.4 Å². The monoisotopic (exact) mass is 927 g/mol. The molecular formula is C51H65NO13Si. The van der Waals surface area contributed by atoms with Crippen molar-refractivity contribution in [1.82, 2.24) is 5.32 Å². The number of benzene rings is 4. The normalized spacial score (nSPS) is 24.7. The maximum atomic E-state index is 14.8. The minimum Gasteiger partial charge on any atom is -0.497 e. The summed E-state index contributed by atoms with van der Waals surface area (Å²) in [4.78, 5) is 41.0. The first kappa shape index (κ1) is 50.6. The Morgan fingerprint density at radius 2 is 1.18 bits per heavy atom. The quantitative estimate of drug-likeness (QED) is 0.0650. The number of rotatable bonds is 21. The van der Waals surface area contributed by atoms with Crippen molar-refractivity contribution < 1.29 is 61.4 Å². The summed E-state index contributed by atoms with van der Waals surface area (Å²) in [5.74, 6) is -0.965. The van der Waals surface area contributed by atoms with Crippen LogP contribution in [0.15, 0.2) is 115 Å². The molecule has 2 saturated heterocycles. The van der Waals surface area contributed by atoms with Crippen molar-refractivity contribution in [2.75, 3.05) is 20.3 Å². The van der Waals surface area contributed by atoms with Crippen molar-refractivity contribution in [3.63, 3.8) is 0 Å². The molecule has 0 bridgehead atoms. The molecule has 6 rings (SSSR count). The Bertz CT molecular complexity index is 2120. The number of hydrogen-bond donors (Lipinski definition) is 1. The van der Waals surface area contributed by atoms with Crippen molar-refractivity contribution in [3.8, 4) is 5.75 Å². The van der Waals surface area contributed by atoms with E-state index in [9.17, 15) is 14.4 Å². The summed E-state index contributed by atoms with van der Waals surface area (Å²) in [6.45, 7) is 13.7. The molecule has 66 heavy (non-hydrogen) atoms. The van der Waals surface area contributed by atoms with Crippen LogP contribution in [0.5, 0.6) is 5.75 Å². The molecule has 0 aromatic heterocycles. The van der Waals surface area contributed by atoms with Gasteiger partial charge in [0.15, 0.2) is 32.8 Å². The number of methoxy groups -OCH3 is 1. The van der Waals surface area contributed by atoms with Gasteiger partial charge in [0.05, 0.1) is 46.8 Å². The number of carbonyl (C=O) groups is 3. The zero-order valence-corrected chi connectivity index (χ0v) is 40.2. The number of Topliss-reactive ketones (excluding diaryl/α,β-unsaturated/α-hetero) is 1. The van der Waals surface area contributed by atoms with Crippen molar-refractivity contribution in [2.45, 2.75) is 134 Å². The summed E-state index contributed by atoms with van der Waals surface area (Å²) in [6, 6.07) is 34.9. The van der Waals surface area contributed by atoms with Crippen LogP contribution in [-0.4, -0.2) is 102 Å². The zero-order chi connectivity index (χ0) is 47.3. The van der Waals surface area contributed by atoms with Gasteiger partial charge in [0.2, 0.25) is 5.91 Å². The Labute approximate surface area is 389 Å². The van der Waals surface area contributed by atoms with E-state index in [2.05, 4.69) is 39.2 Å². The van der Waals surface area contributed by atoms with E-state index in [-0.39, 0.29) is 44.7 Å². The number of esters is 1. The molecule has 14 nitrogen and oxygen atoms in total. The SMILES string of the molecule is COc1ccc(COC[C@H]2O[C@@H](OCc3ccccc3)[C@H](NC(C)=O)[C@@H](O[C@@H]3O[C@H](CO[Si](C)(C)C(C)(C)C)[C@@H](OCc4ccccc4)[C@H](OCc4ccccc4)[C@H]3OC(C)=O)C2=O)cc1. The Balaban J connectivity index is 1.37. The Kier molecular flexibility index (Phi) is 18.2. The second kappa shape index (κ2) is 23.8. The zero-order valence-electron chi connectivity index (χ0n) is 39.2. The molecule has 0 unspecified atom stereocenters. The number of ether oxygens (including phenoxy) is 9. The summed E-state index contributed by atoms with van der Waals surface area (Å²) in [6.07, 6.45) is -9.32. The molecule has 356 valence electrons. The topological polar surface area (TPSA) is 156 Å². The molecule has 2 fully saturated rings. The number of amides is 1. The Morgan fingerprint density at radius 1 is 0.652 bits per heavy atom. The minimum atomic E-state index is -2.40. The highest BCUT2D eigenvalue weighted by molar-refractivity contribution is 6.74. The Hall–Kier alpha value is -4.81. The van der Waals surface area contributed by atoms with E-state index in [1.54, 1.807) is 7.11 Å². The Morgan fingerprint density at radius 3 is 1.70 bits per heavy atom. The van der Waals surface area contributed by atoms with E-state index in [4.69, 9.17) is 47.1 Å².